The average Bonchev–Trinajstić information content (AvgIpc) is 2.88. The molecule has 3 aliphatic rings. The number of nitrogens with zero attached hydrogens (tertiary/aromatic N) is 2. The highest BCUT2D eigenvalue weighted by Crippen LogP contribution is 2.59. The Kier molecular flexibility index (Phi) is 7.73. The van der Waals surface area contributed by atoms with Crippen LogP contribution in [-0.2, 0) is 29.3 Å². The Bertz CT molecular complexity index is 1500. The summed E-state index contributed by atoms with van der Waals surface area (Å²) in [4.78, 5) is 56.5. The van der Waals surface area contributed by atoms with Gasteiger partial charge in [-0.3, -0.25) is 24.1 Å². The number of hydrogen-bond donors (Lipinski definition) is 5. The molecule has 0 heterocycles. The van der Waals surface area contributed by atoms with Crippen molar-refractivity contribution in [1.82, 2.24) is 4.90 Å². The number of phenols is 1. The molecule has 1 saturated carbocycles. The molecule has 43 heavy (non-hydrogen) atoms. The molecule has 0 spiro atoms. The summed E-state index contributed by atoms with van der Waals surface area (Å²) < 4.78 is 5.91. The van der Waals surface area contributed by atoms with Gasteiger partial charge in [0.15, 0.2) is 11.4 Å². The molecule has 0 aliphatic heterocycles. The van der Waals surface area contributed by atoms with Gasteiger partial charge in [0.25, 0.3) is 5.91 Å². The fourth-order valence-electron chi connectivity index (χ4n) is 7.03. The van der Waals surface area contributed by atoms with Gasteiger partial charge in [-0.1, -0.05) is 34.6 Å². The predicted molar refractivity (Wildman–Crippen MR) is 158 cm³/mol. The number of ketones is 2. The molecule has 0 bridgehead atoms. The van der Waals surface area contributed by atoms with Crippen LogP contribution in [0, 0.1) is 11.8 Å². The van der Waals surface area contributed by atoms with Gasteiger partial charge in [0, 0.05) is 43.3 Å². The Morgan fingerprint density at radius 3 is 2.14 bits per heavy atom. The maximum absolute atomic E-state index is 14.5. The molecular formula is C31H41N3O9. The number of primary amides is 1. The Hall–Kier alpha value is -3.90. The standard InChI is InChI=1S/C31H41N3O9/c1-10-15(35)43-26-17-12(2)16-14(33(6)7)11-13(30(3,4)5)23(36)18(16)24(37)19(17)27(39)31(42)21(26)22(34(8)9)25(38)20(28(31)40)29(32)41/h11-12,17,21-22,26,36-37,40,42H,10H2,1-9H3,(H2,32,41)/t12-,17-,21+,22-,26-,31+/m1/s1. The van der Waals surface area contributed by atoms with E-state index in [-0.39, 0.29) is 17.7 Å². The zero-order chi connectivity index (χ0) is 32.7. The zero-order valence-electron chi connectivity index (χ0n) is 26.0. The highest BCUT2D eigenvalue weighted by Gasteiger charge is 2.69. The van der Waals surface area contributed by atoms with E-state index in [0.29, 0.717) is 16.8 Å². The van der Waals surface area contributed by atoms with Gasteiger partial charge < -0.3 is 35.8 Å². The van der Waals surface area contributed by atoms with Crippen molar-refractivity contribution in [2.75, 3.05) is 33.1 Å². The van der Waals surface area contributed by atoms with Crippen LogP contribution < -0.4 is 10.6 Å². The van der Waals surface area contributed by atoms with Crippen LogP contribution in [0.15, 0.2) is 23.0 Å². The number of aliphatic hydroxyl groups excluding tert-OH is 2. The number of anilines is 1. The van der Waals surface area contributed by atoms with Crippen molar-refractivity contribution in [3.8, 4) is 5.75 Å². The molecule has 12 heteroatoms. The van der Waals surface area contributed by atoms with Gasteiger partial charge in [-0.15, -0.1) is 0 Å². The number of aromatic hydroxyl groups is 1. The normalized spacial score (nSPS) is 28.9. The summed E-state index contributed by atoms with van der Waals surface area (Å²) in [5, 5.41) is 46.9. The van der Waals surface area contributed by atoms with Crippen molar-refractivity contribution in [2.45, 2.75) is 70.1 Å². The van der Waals surface area contributed by atoms with Gasteiger partial charge in [-0.05, 0) is 37.1 Å². The first-order valence-corrected chi connectivity index (χ1v) is 14.2. The van der Waals surface area contributed by atoms with Crippen molar-refractivity contribution >= 4 is 34.9 Å². The second kappa shape index (κ2) is 10.4. The third-order valence-electron chi connectivity index (χ3n) is 9.02. The van der Waals surface area contributed by atoms with Gasteiger partial charge in [-0.2, -0.15) is 0 Å². The fourth-order valence-corrected chi connectivity index (χ4v) is 7.03. The molecule has 0 aromatic heterocycles. The minimum Gasteiger partial charge on any atom is -0.508 e. The molecule has 1 aromatic carbocycles. The summed E-state index contributed by atoms with van der Waals surface area (Å²) in [7, 11) is 6.53. The smallest absolute Gasteiger partial charge is 0.305 e. The van der Waals surface area contributed by atoms with Gasteiger partial charge in [0.05, 0.1) is 17.5 Å². The summed E-state index contributed by atoms with van der Waals surface area (Å²) in [6, 6.07) is 0.376. The lowest BCUT2D eigenvalue weighted by molar-refractivity contribution is -0.185. The van der Waals surface area contributed by atoms with E-state index in [9.17, 15) is 39.6 Å². The quantitative estimate of drug-likeness (QED) is 0.245. The molecule has 0 radical (unpaired) electrons. The molecule has 1 amide bonds. The molecule has 1 aromatic rings. The molecule has 1 fully saturated rings. The minimum absolute atomic E-state index is 0.0273. The number of hydrogen-bond acceptors (Lipinski definition) is 11. The van der Waals surface area contributed by atoms with E-state index in [1.807, 2.05) is 20.8 Å². The molecular weight excluding hydrogens is 558 g/mol. The fraction of sp³-hybridized carbons (Fsp3) is 0.548. The van der Waals surface area contributed by atoms with Gasteiger partial charge >= 0.3 is 5.97 Å². The second-order valence-corrected chi connectivity index (χ2v) is 13.1. The number of benzene rings is 1. The molecule has 0 unspecified atom stereocenters. The van der Waals surface area contributed by atoms with Crippen LogP contribution in [-0.4, -0.2) is 94.7 Å². The number of Topliss-reactive ketones (excluding diaryl/α,β-unsaturated/α-hetero) is 2. The van der Waals surface area contributed by atoms with Crippen molar-refractivity contribution in [1.29, 1.82) is 0 Å². The number of rotatable bonds is 5. The number of esters is 1. The number of fused-ring (bicyclic) bond motifs is 3. The topological polar surface area (TPSA) is 191 Å². The monoisotopic (exact) mass is 599 g/mol. The third kappa shape index (κ3) is 4.41. The average molecular weight is 600 g/mol. The maximum atomic E-state index is 14.5. The number of carbonyl (C=O) groups is 4. The van der Waals surface area contributed by atoms with E-state index >= 15 is 0 Å². The number of ether oxygens (including phenoxy) is 1. The maximum Gasteiger partial charge on any atom is 0.305 e. The third-order valence-corrected chi connectivity index (χ3v) is 9.02. The van der Waals surface area contributed by atoms with Crippen molar-refractivity contribution < 1.29 is 44.3 Å². The molecule has 6 N–H and O–H groups in total. The van der Waals surface area contributed by atoms with Gasteiger partial charge in [-0.25, -0.2) is 0 Å². The second-order valence-electron chi connectivity index (χ2n) is 13.1. The van der Waals surface area contributed by atoms with Crippen molar-refractivity contribution in [2.24, 2.45) is 17.6 Å². The number of likely N-dealkylation sites (N-methyl/N-ethyl adjacent to an activating group) is 1. The summed E-state index contributed by atoms with van der Waals surface area (Å²) >= 11 is 0. The zero-order valence-corrected chi connectivity index (χ0v) is 26.0. The first-order valence-electron chi connectivity index (χ1n) is 14.2. The van der Waals surface area contributed by atoms with E-state index in [1.165, 1.54) is 19.0 Å². The van der Waals surface area contributed by atoms with Crippen LogP contribution in [0.2, 0.25) is 0 Å². The summed E-state index contributed by atoms with van der Waals surface area (Å²) in [5.74, 6) is -9.83. The number of amides is 1. The van der Waals surface area contributed by atoms with Crippen molar-refractivity contribution in [3.63, 3.8) is 0 Å². The number of aliphatic hydroxyl groups is 3. The number of nitrogens with two attached hydrogens (primary N) is 1. The Balaban J connectivity index is 2.19. The van der Waals surface area contributed by atoms with E-state index in [0.717, 1.165) is 0 Å². The molecule has 6 atom stereocenters. The van der Waals surface area contributed by atoms with Gasteiger partial charge in [0.1, 0.15) is 28.9 Å². The molecule has 234 valence electrons. The van der Waals surface area contributed by atoms with Crippen molar-refractivity contribution in [3.05, 3.63) is 39.7 Å². The minimum atomic E-state index is -2.98. The van der Waals surface area contributed by atoms with Crippen LogP contribution in [0.1, 0.15) is 63.6 Å². The molecule has 12 nitrogen and oxygen atoms in total. The lowest BCUT2D eigenvalue weighted by atomic mass is 9.54. The molecule has 0 saturated heterocycles. The largest absolute Gasteiger partial charge is 0.508 e. The Labute approximate surface area is 250 Å². The molecule has 3 aliphatic carbocycles. The summed E-state index contributed by atoms with van der Waals surface area (Å²) in [6.45, 7) is 8.91. The SMILES string of the molecule is CCC(=O)O[C@@H]1[C@H]2C(=C(O)c3c(O)c(C(C)(C)C)cc(N(C)C)c3[C@H]2C)C(=O)[C@]2(O)C(O)=C(C(N)=O)C(=O)[C@H](N(C)C)[C@@H]12. The predicted octanol–water partition coefficient (Wildman–Crippen LogP) is 1.82. The Morgan fingerprint density at radius 2 is 1.67 bits per heavy atom. The molecule has 4 rings (SSSR count). The van der Waals surface area contributed by atoms with Gasteiger partial charge in [0.2, 0.25) is 5.78 Å². The summed E-state index contributed by atoms with van der Waals surface area (Å²) in [5.41, 5.74) is 2.07. The van der Waals surface area contributed by atoms with Crippen LogP contribution in [0.5, 0.6) is 5.75 Å². The van der Waals surface area contributed by atoms with E-state index in [4.69, 9.17) is 10.5 Å². The van der Waals surface area contributed by atoms with E-state index < -0.39 is 87.0 Å². The van der Waals surface area contributed by atoms with E-state index in [2.05, 4.69) is 0 Å². The van der Waals surface area contributed by atoms with Crippen LogP contribution in [0.4, 0.5) is 5.69 Å². The van der Waals surface area contributed by atoms with Crippen LogP contribution in [0.3, 0.4) is 0 Å². The van der Waals surface area contributed by atoms with E-state index in [1.54, 1.807) is 38.9 Å². The lowest BCUT2D eigenvalue weighted by Gasteiger charge is -2.54. The number of carbonyl (C=O) groups excluding carboxylic acids is 4. The number of phenolic OH excluding ortho intramolecular Hbond substituents is 1. The van der Waals surface area contributed by atoms with Crippen LogP contribution in [0.25, 0.3) is 5.76 Å². The first-order chi connectivity index (χ1) is 19.7. The highest BCUT2D eigenvalue weighted by atomic mass is 16.5. The van der Waals surface area contributed by atoms with Crippen LogP contribution >= 0.6 is 0 Å². The first kappa shape index (κ1) is 32.0. The lowest BCUT2D eigenvalue weighted by Crippen LogP contribution is -2.71. The summed E-state index contributed by atoms with van der Waals surface area (Å²) in [6.07, 6.45) is -1.53. The Morgan fingerprint density at radius 1 is 1.09 bits per heavy atom. The highest BCUT2D eigenvalue weighted by molar-refractivity contribution is 6.24.